The minimum Gasteiger partial charge on any atom is -0.293 e. The van der Waals surface area contributed by atoms with Crippen LogP contribution in [0.15, 0.2) is 22.7 Å². The lowest BCUT2D eigenvalue weighted by Gasteiger charge is -2.16. The largest absolute Gasteiger partial charge is 0.293 e. The number of thioether (sulfide) groups is 1. The van der Waals surface area contributed by atoms with Crippen molar-refractivity contribution in [3.8, 4) is 0 Å². The van der Waals surface area contributed by atoms with Crippen molar-refractivity contribution in [2.75, 3.05) is 5.75 Å². The Balaban J connectivity index is 2.78. The lowest BCUT2D eigenvalue weighted by molar-refractivity contribution is 0.101. The van der Waals surface area contributed by atoms with Gasteiger partial charge in [0, 0.05) is 4.75 Å². The fourth-order valence-corrected chi connectivity index (χ4v) is 2.16. The Kier molecular flexibility index (Phi) is 4.56. The zero-order chi connectivity index (χ0) is 12.3. The maximum absolute atomic E-state index is 13.6. The normalized spacial score (nSPS) is 11.6. The second-order valence-corrected chi connectivity index (χ2v) is 7.08. The number of ketones is 1. The van der Waals surface area contributed by atoms with Crippen molar-refractivity contribution in [1.82, 2.24) is 0 Å². The molecule has 0 saturated carbocycles. The third-order valence-corrected chi connectivity index (χ3v) is 3.77. The summed E-state index contributed by atoms with van der Waals surface area (Å²) < 4.78 is 13.9. The van der Waals surface area contributed by atoms with Crippen LogP contribution in [0, 0.1) is 5.82 Å². The first-order valence-electron chi connectivity index (χ1n) is 4.92. The highest BCUT2D eigenvalue weighted by Gasteiger charge is 2.17. The van der Waals surface area contributed by atoms with Gasteiger partial charge >= 0.3 is 0 Å². The highest BCUT2D eigenvalue weighted by Crippen LogP contribution is 2.25. The minimum absolute atomic E-state index is 0.0121. The monoisotopic (exact) mass is 304 g/mol. The van der Waals surface area contributed by atoms with Gasteiger partial charge in [0.25, 0.3) is 0 Å². The molecule has 0 bridgehead atoms. The van der Waals surface area contributed by atoms with Crippen molar-refractivity contribution in [2.24, 2.45) is 0 Å². The van der Waals surface area contributed by atoms with Crippen molar-refractivity contribution in [1.29, 1.82) is 0 Å². The molecule has 0 spiro atoms. The molecule has 0 radical (unpaired) electrons. The predicted octanol–water partition coefficient (Wildman–Crippen LogP) is 4.30. The number of carbonyl (C=O) groups excluding carboxylic acids is 1. The quantitative estimate of drug-likeness (QED) is 0.774. The van der Waals surface area contributed by atoms with Gasteiger partial charge in [-0.3, -0.25) is 4.79 Å². The molecule has 1 nitrogen and oxygen atoms in total. The van der Waals surface area contributed by atoms with Crippen LogP contribution >= 0.6 is 27.7 Å². The molecule has 1 aromatic rings. The summed E-state index contributed by atoms with van der Waals surface area (Å²) in [4.78, 5) is 11.8. The Bertz CT molecular complexity index is 398. The van der Waals surface area contributed by atoms with Crippen LogP contribution in [0.3, 0.4) is 0 Å². The molecular weight excluding hydrogens is 291 g/mol. The molecule has 1 rings (SSSR count). The van der Waals surface area contributed by atoms with Crippen LogP contribution in [-0.4, -0.2) is 16.3 Å². The number of benzene rings is 1. The molecule has 88 valence electrons. The van der Waals surface area contributed by atoms with E-state index in [1.54, 1.807) is 12.1 Å². The van der Waals surface area contributed by atoms with Gasteiger partial charge in [-0.15, -0.1) is 11.8 Å². The van der Waals surface area contributed by atoms with Gasteiger partial charge in [-0.05, 0) is 28.1 Å². The first-order chi connectivity index (χ1) is 7.31. The van der Waals surface area contributed by atoms with Crippen LogP contribution < -0.4 is 0 Å². The summed E-state index contributed by atoms with van der Waals surface area (Å²) in [6, 6.07) is 4.77. The van der Waals surface area contributed by atoms with E-state index in [-0.39, 0.29) is 16.1 Å². The van der Waals surface area contributed by atoms with Gasteiger partial charge in [-0.25, -0.2) is 4.39 Å². The number of Topliss-reactive ketones (excluding diaryl/α,β-unsaturated/α-hetero) is 1. The van der Waals surface area contributed by atoms with E-state index in [4.69, 9.17) is 0 Å². The Morgan fingerprint density at radius 3 is 2.62 bits per heavy atom. The standard InChI is InChI=1S/C12H14BrFOS/c1-12(2,3)16-7-10(15)8-5-4-6-9(13)11(8)14/h4-6H,7H2,1-3H3. The number of hydrogen-bond acceptors (Lipinski definition) is 2. The van der Waals surface area contributed by atoms with Crippen LogP contribution in [0.5, 0.6) is 0 Å². The van der Waals surface area contributed by atoms with E-state index < -0.39 is 5.82 Å². The van der Waals surface area contributed by atoms with E-state index in [0.717, 1.165) is 0 Å². The number of halogens is 2. The summed E-state index contributed by atoms with van der Waals surface area (Å²) in [6.07, 6.45) is 0. The topological polar surface area (TPSA) is 17.1 Å². The molecule has 0 N–H and O–H groups in total. The number of hydrogen-bond donors (Lipinski definition) is 0. The Morgan fingerprint density at radius 1 is 1.44 bits per heavy atom. The average molecular weight is 305 g/mol. The minimum atomic E-state index is -0.470. The fourth-order valence-electron chi connectivity index (χ4n) is 1.08. The van der Waals surface area contributed by atoms with Crippen LogP contribution in [0.2, 0.25) is 0 Å². The molecule has 0 unspecified atom stereocenters. The van der Waals surface area contributed by atoms with Gasteiger partial charge in [-0.2, -0.15) is 0 Å². The first kappa shape index (κ1) is 13.7. The number of rotatable bonds is 3. The van der Waals surface area contributed by atoms with Gasteiger partial charge in [0.2, 0.25) is 0 Å². The van der Waals surface area contributed by atoms with Crippen LogP contribution in [0.1, 0.15) is 31.1 Å². The lowest BCUT2D eigenvalue weighted by Crippen LogP contribution is -2.14. The van der Waals surface area contributed by atoms with Gasteiger partial charge in [0.1, 0.15) is 5.82 Å². The molecule has 0 aliphatic rings. The highest BCUT2D eigenvalue weighted by atomic mass is 79.9. The van der Waals surface area contributed by atoms with Crippen molar-refractivity contribution < 1.29 is 9.18 Å². The van der Waals surface area contributed by atoms with Crippen molar-refractivity contribution in [3.05, 3.63) is 34.1 Å². The maximum Gasteiger partial charge on any atom is 0.175 e. The van der Waals surface area contributed by atoms with E-state index in [1.807, 2.05) is 20.8 Å². The van der Waals surface area contributed by atoms with Crippen molar-refractivity contribution in [3.63, 3.8) is 0 Å². The van der Waals surface area contributed by atoms with E-state index in [1.165, 1.54) is 17.8 Å². The molecule has 0 amide bonds. The summed E-state index contributed by atoms with van der Waals surface area (Å²) in [5.41, 5.74) is 0.158. The summed E-state index contributed by atoms with van der Waals surface area (Å²) in [5, 5.41) is 0. The summed E-state index contributed by atoms with van der Waals surface area (Å²) in [6.45, 7) is 6.09. The fraction of sp³-hybridized carbons (Fsp3) is 0.417. The van der Waals surface area contributed by atoms with Crippen LogP contribution in [-0.2, 0) is 0 Å². The SMILES string of the molecule is CC(C)(C)SCC(=O)c1cccc(Br)c1F. The zero-order valence-corrected chi connectivity index (χ0v) is 11.9. The highest BCUT2D eigenvalue weighted by molar-refractivity contribution is 9.10. The molecule has 16 heavy (non-hydrogen) atoms. The second kappa shape index (κ2) is 5.32. The molecule has 0 atom stereocenters. The van der Waals surface area contributed by atoms with E-state index in [0.29, 0.717) is 10.2 Å². The van der Waals surface area contributed by atoms with E-state index in [9.17, 15) is 9.18 Å². The molecule has 0 aromatic heterocycles. The zero-order valence-electron chi connectivity index (χ0n) is 9.51. The molecule has 1 aromatic carbocycles. The first-order valence-corrected chi connectivity index (χ1v) is 6.70. The lowest BCUT2D eigenvalue weighted by atomic mass is 10.1. The molecule has 0 saturated heterocycles. The summed E-state index contributed by atoms with van der Waals surface area (Å²) in [5.74, 6) is -0.336. The van der Waals surface area contributed by atoms with Crippen LogP contribution in [0.4, 0.5) is 4.39 Å². The van der Waals surface area contributed by atoms with Gasteiger partial charge in [-0.1, -0.05) is 26.8 Å². The van der Waals surface area contributed by atoms with Crippen molar-refractivity contribution >= 4 is 33.5 Å². The van der Waals surface area contributed by atoms with Gasteiger partial charge in [0.15, 0.2) is 5.78 Å². The van der Waals surface area contributed by atoms with E-state index in [2.05, 4.69) is 15.9 Å². The molecule has 0 heterocycles. The molecule has 4 heteroatoms. The third-order valence-electron chi connectivity index (χ3n) is 1.89. The molecular formula is C12H14BrFOS. The Morgan fingerprint density at radius 2 is 2.06 bits per heavy atom. The summed E-state index contributed by atoms with van der Waals surface area (Å²) in [7, 11) is 0. The average Bonchev–Trinajstić information content (AvgIpc) is 2.17. The maximum atomic E-state index is 13.6. The van der Waals surface area contributed by atoms with Crippen molar-refractivity contribution in [2.45, 2.75) is 25.5 Å². The second-order valence-electron chi connectivity index (χ2n) is 4.43. The van der Waals surface area contributed by atoms with E-state index >= 15 is 0 Å². The smallest absolute Gasteiger partial charge is 0.175 e. The third kappa shape index (κ3) is 3.91. The Hall–Kier alpha value is -0.350. The number of carbonyl (C=O) groups is 1. The molecule has 0 fully saturated rings. The molecule has 0 aliphatic carbocycles. The van der Waals surface area contributed by atoms with Crippen LogP contribution in [0.25, 0.3) is 0 Å². The van der Waals surface area contributed by atoms with Gasteiger partial charge < -0.3 is 0 Å². The van der Waals surface area contributed by atoms with Gasteiger partial charge in [0.05, 0.1) is 15.8 Å². The summed E-state index contributed by atoms with van der Waals surface area (Å²) >= 11 is 4.59. The molecule has 0 aliphatic heterocycles. The Labute approximate surface area is 108 Å². The predicted molar refractivity (Wildman–Crippen MR) is 70.6 cm³/mol.